The second kappa shape index (κ2) is 5.80. The Labute approximate surface area is 108 Å². The molecule has 0 amide bonds. The third-order valence-corrected chi connectivity index (χ3v) is 2.91. The molecule has 0 saturated heterocycles. The van der Waals surface area contributed by atoms with Crippen molar-refractivity contribution in [2.45, 2.75) is 45.6 Å². The van der Waals surface area contributed by atoms with Gasteiger partial charge in [0.1, 0.15) is 5.75 Å². The van der Waals surface area contributed by atoms with Crippen LogP contribution in [0.4, 0.5) is 0 Å². The van der Waals surface area contributed by atoms with Crippen molar-refractivity contribution in [2.24, 2.45) is 0 Å². The predicted octanol–water partition coefficient (Wildman–Crippen LogP) is 3.40. The van der Waals surface area contributed by atoms with Crippen LogP contribution in [-0.4, -0.2) is 16.9 Å². The van der Waals surface area contributed by atoms with Gasteiger partial charge >= 0.3 is 0 Å². The number of aromatic nitrogens is 1. The van der Waals surface area contributed by atoms with Gasteiger partial charge in [0.25, 0.3) is 0 Å². The topological polar surface area (TPSA) is 39.2 Å². The molecule has 2 rings (SSSR count). The molecule has 96 valence electrons. The molecule has 1 aliphatic rings. The molecule has 0 fully saturated rings. The molecular formula is C15H19NO2. The zero-order valence-corrected chi connectivity index (χ0v) is 11.0. The summed E-state index contributed by atoms with van der Waals surface area (Å²) in [6.45, 7) is 3.97. The van der Waals surface area contributed by atoms with Gasteiger partial charge in [-0.2, -0.15) is 0 Å². The zero-order valence-electron chi connectivity index (χ0n) is 11.0. The number of carbonyl (C=O) groups excluding carboxylic acids is 1. The lowest BCUT2D eigenvalue weighted by Gasteiger charge is -2.11. The zero-order chi connectivity index (χ0) is 13.0. The van der Waals surface area contributed by atoms with E-state index < -0.39 is 0 Å². The average Bonchev–Trinajstić information content (AvgIpc) is 2.53. The summed E-state index contributed by atoms with van der Waals surface area (Å²) < 4.78 is 5.63. The van der Waals surface area contributed by atoms with Crippen LogP contribution in [0, 0.1) is 0 Å². The van der Waals surface area contributed by atoms with Gasteiger partial charge in [-0.15, -0.1) is 0 Å². The molecule has 0 saturated carbocycles. The molecule has 1 aromatic heterocycles. The first-order valence-corrected chi connectivity index (χ1v) is 6.50. The molecule has 0 bridgehead atoms. The Morgan fingerprint density at radius 2 is 2.00 bits per heavy atom. The van der Waals surface area contributed by atoms with Crippen molar-refractivity contribution in [3.8, 4) is 5.75 Å². The number of nitrogens with zero attached hydrogens (tertiary/aromatic N) is 1. The average molecular weight is 245 g/mol. The molecule has 0 spiro atoms. The maximum Gasteiger partial charge on any atom is 0.155 e. The molecule has 0 aliphatic heterocycles. The first-order chi connectivity index (χ1) is 8.65. The van der Waals surface area contributed by atoms with E-state index in [-0.39, 0.29) is 11.9 Å². The van der Waals surface area contributed by atoms with Gasteiger partial charge in [-0.05, 0) is 56.4 Å². The molecular weight excluding hydrogens is 226 g/mol. The Balaban J connectivity index is 2.24. The highest BCUT2D eigenvalue weighted by Gasteiger charge is 2.11. The molecule has 1 aliphatic carbocycles. The van der Waals surface area contributed by atoms with Crippen LogP contribution in [-0.2, 0) is 4.79 Å². The van der Waals surface area contributed by atoms with Gasteiger partial charge in [0.15, 0.2) is 5.78 Å². The van der Waals surface area contributed by atoms with Crippen LogP contribution in [0.3, 0.4) is 0 Å². The minimum atomic E-state index is 0.131. The van der Waals surface area contributed by atoms with E-state index in [2.05, 4.69) is 4.98 Å². The standard InChI is InChI=1S/C15H19NO2/c1-11(2)18-15-8-13(9-16-10-15)12-5-3-4-6-14(17)7-12/h7-11H,3-6H2,1-2H3. The lowest BCUT2D eigenvalue weighted by atomic mass is 10.0. The van der Waals surface area contributed by atoms with Crippen LogP contribution in [0.5, 0.6) is 5.75 Å². The molecule has 0 N–H and O–H groups in total. The van der Waals surface area contributed by atoms with Crippen LogP contribution in [0.15, 0.2) is 24.5 Å². The maximum absolute atomic E-state index is 11.6. The van der Waals surface area contributed by atoms with E-state index in [1.54, 1.807) is 18.5 Å². The number of ether oxygens (including phenoxy) is 1. The molecule has 3 nitrogen and oxygen atoms in total. The van der Waals surface area contributed by atoms with Crippen molar-refractivity contribution in [3.63, 3.8) is 0 Å². The number of ketones is 1. The Morgan fingerprint density at radius 3 is 2.78 bits per heavy atom. The minimum Gasteiger partial charge on any atom is -0.489 e. The van der Waals surface area contributed by atoms with Gasteiger partial charge in [-0.3, -0.25) is 9.78 Å². The SMILES string of the molecule is CC(C)Oc1cncc(C2=CC(=O)CCCC2)c1. The normalized spacial score (nSPS) is 16.4. The third kappa shape index (κ3) is 3.42. The van der Waals surface area contributed by atoms with E-state index in [1.807, 2.05) is 19.9 Å². The van der Waals surface area contributed by atoms with Gasteiger partial charge in [0.05, 0.1) is 12.3 Å². The van der Waals surface area contributed by atoms with Crippen LogP contribution < -0.4 is 4.74 Å². The monoisotopic (exact) mass is 245 g/mol. The van der Waals surface area contributed by atoms with Gasteiger partial charge in [0, 0.05) is 12.6 Å². The summed E-state index contributed by atoms with van der Waals surface area (Å²) in [6.07, 6.45) is 9.06. The summed E-state index contributed by atoms with van der Waals surface area (Å²) in [5.41, 5.74) is 2.09. The van der Waals surface area contributed by atoms with Crippen LogP contribution in [0.1, 0.15) is 45.1 Å². The fraction of sp³-hybridized carbons (Fsp3) is 0.467. The van der Waals surface area contributed by atoms with Crippen molar-refractivity contribution in [2.75, 3.05) is 0 Å². The Morgan fingerprint density at radius 1 is 1.22 bits per heavy atom. The molecule has 0 radical (unpaired) electrons. The number of pyridine rings is 1. The lowest BCUT2D eigenvalue weighted by Crippen LogP contribution is -2.06. The summed E-state index contributed by atoms with van der Waals surface area (Å²) in [5.74, 6) is 0.984. The highest BCUT2D eigenvalue weighted by molar-refractivity contribution is 5.97. The molecule has 18 heavy (non-hydrogen) atoms. The van der Waals surface area contributed by atoms with E-state index in [4.69, 9.17) is 4.74 Å². The second-order valence-corrected chi connectivity index (χ2v) is 4.92. The van der Waals surface area contributed by atoms with Gasteiger partial charge in [-0.1, -0.05) is 0 Å². The number of hydrogen-bond donors (Lipinski definition) is 0. The summed E-state index contributed by atoms with van der Waals surface area (Å²) in [7, 11) is 0. The Hall–Kier alpha value is -1.64. The number of carbonyl (C=O) groups is 1. The van der Waals surface area contributed by atoms with Crippen LogP contribution in [0.2, 0.25) is 0 Å². The number of allylic oxidation sites excluding steroid dienone is 2. The highest BCUT2D eigenvalue weighted by atomic mass is 16.5. The van der Waals surface area contributed by atoms with E-state index in [0.29, 0.717) is 6.42 Å². The Bertz CT molecular complexity index is 463. The van der Waals surface area contributed by atoms with E-state index in [9.17, 15) is 4.79 Å². The van der Waals surface area contributed by atoms with E-state index >= 15 is 0 Å². The maximum atomic E-state index is 11.6. The van der Waals surface area contributed by atoms with Gasteiger partial charge in [-0.25, -0.2) is 0 Å². The Kier molecular flexibility index (Phi) is 4.13. The minimum absolute atomic E-state index is 0.131. The molecule has 1 aromatic rings. The van der Waals surface area contributed by atoms with Crippen molar-refractivity contribution in [1.82, 2.24) is 4.98 Å². The third-order valence-electron chi connectivity index (χ3n) is 2.91. The van der Waals surface area contributed by atoms with Crippen LogP contribution >= 0.6 is 0 Å². The van der Waals surface area contributed by atoms with Crippen molar-refractivity contribution in [1.29, 1.82) is 0 Å². The fourth-order valence-electron chi connectivity index (χ4n) is 2.11. The summed E-state index contributed by atoms with van der Waals surface area (Å²) in [6, 6.07) is 1.97. The van der Waals surface area contributed by atoms with Crippen LogP contribution in [0.25, 0.3) is 5.57 Å². The largest absolute Gasteiger partial charge is 0.489 e. The smallest absolute Gasteiger partial charge is 0.155 e. The van der Waals surface area contributed by atoms with Crippen molar-refractivity contribution < 1.29 is 9.53 Å². The second-order valence-electron chi connectivity index (χ2n) is 4.92. The van der Waals surface area contributed by atoms with Crippen molar-refractivity contribution >= 4 is 11.4 Å². The predicted molar refractivity (Wildman–Crippen MR) is 71.5 cm³/mol. The van der Waals surface area contributed by atoms with E-state index in [1.165, 1.54) is 0 Å². The molecule has 3 heteroatoms. The first kappa shape index (κ1) is 12.8. The summed E-state index contributed by atoms with van der Waals surface area (Å²) >= 11 is 0. The van der Waals surface area contributed by atoms with Gasteiger partial charge < -0.3 is 4.74 Å². The van der Waals surface area contributed by atoms with Gasteiger partial charge in [0.2, 0.25) is 0 Å². The lowest BCUT2D eigenvalue weighted by molar-refractivity contribution is -0.114. The molecule has 0 atom stereocenters. The highest BCUT2D eigenvalue weighted by Crippen LogP contribution is 2.26. The summed E-state index contributed by atoms with van der Waals surface area (Å²) in [4.78, 5) is 15.8. The number of hydrogen-bond acceptors (Lipinski definition) is 3. The first-order valence-electron chi connectivity index (χ1n) is 6.50. The molecule has 0 aromatic carbocycles. The number of rotatable bonds is 3. The molecule has 1 heterocycles. The molecule has 0 unspecified atom stereocenters. The fourth-order valence-corrected chi connectivity index (χ4v) is 2.11. The van der Waals surface area contributed by atoms with E-state index in [0.717, 1.165) is 36.1 Å². The summed E-state index contributed by atoms with van der Waals surface area (Å²) in [5, 5.41) is 0. The van der Waals surface area contributed by atoms with Crippen molar-refractivity contribution in [3.05, 3.63) is 30.1 Å². The quantitative estimate of drug-likeness (QED) is 0.819.